The topological polar surface area (TPSA) is 3.24 Å². The van der Waals surface area contributed by atoms with E-state index in [1.165, 1.54) is 83.8 Å². The van der Waals surface area contributed by atoms with Crippen LogP contribution < -0.4 is 4.90 Å². The summed E-state index contributed by atoms with van der Waals surface area (Å²) in [5.41, 5.74) is 20.9. The van der Waals surface area contributed by atoms with Gasteiger partial charge in [0.1, 0.15) is 0 Å². The fourth-order valence-corrected chi connectivity index (χ4v) is 11.0. The van der Waals surface area contributed by atoms with Gasteiger partial charge in [-0.3, -0.25) is 0 Å². The number of fused-ring (bicyclic) bond motifs is 13. The fraction of sp³-hybridized carbons (Fsp3) is 0.176. The number of hydrogen-bond donors (Lipinski definition) is 0. The predicted octanol–water partition coefficient (Wildman–Crippen LogP) is 13.3. The summed E-state index contributed by atoms with van der Waals surface area (Å²) in [7, 11) is 0. The van der Waals surface area contributed by atoms with Gasteiger partial charge in [-0.2, -0.15) is 0 Å². The van der Waals surface area contributed by atoms with Crippen molar-refractivity contribution in [3.8, 4) is 33.4 Å². The molecule has 2 spiro atoms. The Labute approximate surface area is 307 Å². The Bertz CT molecular complexity index is 2520. The van der Waals surface area contributed by atoms with Crippen LogP contribution in [0.3, 0.4) is 0 Å². The van der Waals surface area contributed by atoms with Gasteiger partial charge in [0.25, 0.3) is 0 Å². The Morgan fingerprint density at radius 3 is 1.21 bits per heavy atom. The van der Waals surface area contributed by atoms with E-state index in [0.29, 0.717) is 0 Å². The Morgan fingerprint density at radius 2 is 0.692 bits per heavy atom. The molecule has 52 heavy (non-hydrogen) atoms. The maximum atomic E-state index is 2.56. The summed E-state index contributed by atoms with van der Waals surface area (Å²) in [5, 5.41) is 0. The van der Waals surface area contributed by atoms with Gasteiger partial charge in [-0.25, -0.2) is 0 Å². The van der Waals surface area contributed by atoms with Gasteiger partial charge in [-0.05, 0) is 129 Å². The molecule has 0 unspecified atom stereocenters. The molecule has 11 rings (SSSR count). The summed E-state index contributed by atoms with van der Waals surface area (Å²) in [5.74, 6) is 0. The van der Waals surface area contributed by atoms with Gasteiger partial charge in [0.2, 0.25) is 0 Å². The highest BCUT2D eigenvalue weighted by Gasteiger charge is 2.53. The zero-order chi connectivity index (χ0) is 34.7. The first-order valence-electron chi connectivity index (χ1n) is 19.0. The van der Waals surface area contributed by atoms with E-state index in [1.54, 1.807) is 0 Å². The lowest BCUT2D eigenvalue weighted by Crippen LogP contribution is -2.39. The number of benzene rings is 7. The first-order valence-corrected chi connectivity index (χ1v) is 19.0. The summed E-state index contributed by atoms with van der Waals surface area (Å²) < 4.78 is 0. The van der Waals surface area contributed by atoms with Crippen LogP contribution in [0.5, 0.6) is 0 Å². The van der Waals surface area contributed by atoms with Gasteiger partial charge in [0, 0.05) is 33.3 Å². The third kappa shape index (κ3) is 3.89. The summed E-state index contributed by atoms with van der Waals surface area (Å²) in [6.07, 6.45) is 4.53. The lowest BCUT2D eigenvalue weighted by molar-refractivity contribution is 0.265. The SMILES string of the molecule is CC1(C)c2ccccc2-c2ccc(N(c3ccccc3)c3ccc4c(c3)C3(CCC5(CC3)c3ccccc3-c3ccccc35)c3ccccc3-4)cc21. The molecule has 7 aromatic rings. The van der Waals surface area contributed by atoms with Gasteiger partial charge in [-0.1, -0.05) is 141 Å². The molecule has 1 heteroatoms. The molecule has 250 valence electrons. The minimum absolute atomic E-state index is 0.0242. The maximum Gasteiger partial charge on any atom is 0.0465 e. The lowest BCUT2D eigenvalue weighted by Gasteiger charge is -2.45. The van der Waals surface area contributed by atoms with Crippen LogP contribution >= 0.6 is 0 Å². The Balaban J connectivity index is 1.05. The molecule has 1 fully saturated rings. The molecule has 1 saturated carbocycles. The Hall–Kier alpha value is -5.66. The first kappa shape index (κ1) is 30.0. The number of nitrogens with zero attached hydrogens (tertiary/aromatic N) is 1. The average molecular weight is 668 g/mol. The number of anilines is 3. The summed E-state index contributed by atoms with van der Waals surface area (Å²) in [4.78, 5) is 2.49. The number of para-hydroxylation sites is 1. The Morgan fingerprint density at radius 1 is 0.327 bits per heavy atom. The van der Waals surface area contributed by atoms with E-state index in [1.807, 2.05) is 0 Å². The molecule has 0 heterocycles. The lowest BCUT2D eigenvalue weighted by atomic mass is 9.57. The van der Waals surface area contributed by atoms with Gasteiger partial charge in [-0.15, -0.1) is 0 Å². The van der Waals surface area contributed by atoms with Gasteiger partial charge >= 0.3 is 0 Å². The quantitative estimate of drug-likeness (QED) is 0.181. The standard InChI is InChI=1S/C51H41N/c1-49(2)43-20-10-6-16-37(43)41-26-24-35(32-47(41)49)52(34-14-4-3-5-15-34)36-25-27-42-40-19-9-13-23-46(40)51(48(42)33-36)30-28-50(29-31-51)44-21-11-7-17-38(44)39-18-8-12-22-45(39)50/h3-27,32-33H,28-31H2,1-2H3. The summed E-state index contributed by atoms with van der Waals surface area (Å²) in [6, 6.07) is 62.1. The third-order valence-corrected chi connectivity index (χ3v) is 13.5. The predicted molar refractivity (Wildman–Crippen MR) is 216 cm³/mol. The van der Waals surface area contributed by atoms with Gasteiger partial charge in [0.15, 0.2) is 0 Å². The van der Waals surface area contributed by atoms with E-state index < -0.39 is 0 Å². The van der Waals surface area contributed by atoms with Crippen LogP contribution in [0.2, 0.25) is 0 Å². The fourth-order valence-electron chi connectivity index (χ4n) is 11.0. The van der Waals surface area contributed by atoms with E-state index in [0.717, 1.165) is 25.7 Å². The van der Waals surface area contributed by atoms with E-state index in [2.05, 4.69) is 183 Å². The Kier molecular flexibility index (Phi) is 6.17. The van der Waals surface area contributed by atoms with Crippen molar-refractivity contribution in [2.75, 3.05) is 4.90 Å². The molecule has 0 N–H and O–H groups in total. The third-order valence-electron chi connectivity index (χ3n) is 13.5. The summed E-state index contributed by atoms with van der Waals surface area (Å²) >= 11 is 0. The molecular weight excluding hydrogens is 627 g/mol. The highest BCUT2D eigenvalue weighted by Crippen LogP contribution is 2.64. The van der Waals surface area contributed by atoms with Crippen LogP contribution in [0.15, 0.2) is 164 Å². The van der Waals surface area contributed by atoms with Crippen molar-refractivity contribution in [1.82, 2.24) is 0 Å². The first-order chi connectivity index (χ1) is 25.5. The zero-order valence-corrected chi connectivity index (χ0v) is 29.9. The second-order valence-electron chi connectivity index (χ2n) is 16.1. The minimum atomic E-state index is -0.0660. The number of rotatable bonds is 3. The molecule has 4 aliphatic rings. The van der Waals surface area contributed by atoms with Gasteiger partial charge in [0.05, 0.1) is 0 Å². The van der Waals surface area contributed by atoms with Crippen LogP contribution in [-0.2, 0) is 16.2 Å². The monoisotopic (exact) mass is 667 g/mol. The largest absolute Gasteiger partial charge is 0.310 e. The van der Waals surface area contributed by atoms with E-state index >= 15 is 0 Å². The highest BCUT2D eigenvalue weighted by atomic mass is 15.1. The number of hydrogen-bond acceptors (Lipinski definition) is 1. The molecule has 0 aliphatic heterocycles. The smallest absolute Gasteiger partial charge is 0.0465 e. The molecule has 1 nitrogen and oxygen atoms in total. The minimum Gasteiger partial charge on any atom is -0.310 e. The molecule has 7 aromatic carbocycles. The van der Waals surface area contributed by atoms with Gasteiger partial charge < -0.3 is 4.90 Å². The van der Waals surface area contributed by atoms with Crippen molar-refractivity contribution in [1.29, 1.82) is 0 Å². The molecule has 0 aromatic heterocycles. The van der Waals surface area contributed by atoms with Crippen molar-refractivity contribution < 1.29 is 0 Å². The summed E-state index contributed by atoms with van der Waals surface area (Å²) in [6.45, 7) is 4.75. The van der Waals surface area contributed by atoms with E-state index in [4.69, 9.17) is 0 Å². The van der Waals surface area contributed by atoms with Crippen LogP contribution in [0, 0.1) is 0 Å². The second-order valence-corrected chi connectivity index (χ2v) is 16.1. The van der Waals surface area contributed by atoms with Crippen molar-refractivity contribution in [2.45, 2.75) is 55.8 Å². The average Bonchev–Trinajstić information content (AvgIpc) is 3.72. The maximum absolute atomic E-state index is 2.56. The van der Waals surface area contributed by atoms with Crippen LogP contribution in [0.1, 0.15) is 72.9 Å². The second kappa shape index (κ2) is 10.7. The van der Waals surface area contributed by atoms with Crippen molar-refractivity contribution in [2.24, 2.45) is 0 Å². The molecule has 0 radical (unpaired) electrons. The molecular formula is C51H41N. The molecule has 0 bridgehead atoms. The molecule has 0 atom stereocenters. The van der Waals surface area contributed by atoms with Crippen LogP contribution in [0.25, 0.3) is 33.4 Å². The normalized spacial score (nSPS) is 17.2. The highest BCUT2D eigenvalue weighted by molar-refractivity contribution is 5.89. The van der Waals surface area contributed by atoms with Crippen molar-refractivity contribution in [3.63, 3.8) is 0 Å². The van der Waals surface area contributed by atoms with Crippen LogP contribution in [-0.4, -0.2) is 0 Å². The van der Waals surface area contributed by atoms with E-state index in [-0.39, 0.29) is 16.2 Å². The van der Waals surface area contributed by atoms with Crippen LogP contribution in [0.4, 0.5) is 17.1 Å². The molecule has 0 saturated heterocycles. The zero-order valence-electron chi connectivity index (χ0n) is 29.9. The molecule has 0 amide bonds. The molecule has 4 aliphatic carbocycles. The van der Waals surface area contributed by atoms with E-state index in [9.17, 15) is 0 Å². The van der Waals surface area contributed by atoms with Crippen molar-refractivity contribution in [3.05, 3.63) is 197 Å². The van der Waals surface area contributed by atoms with Crippen molar-refractivity contribution >= 4 is 17.1 Å².